The standard InChI is InChI=1S/C22H20N4O.C17H16BrN3O.C11H16BNO2/c1-2-19-15-25-22(20(19)13-17(1)16-3-6-23-7-4-16)18-5-8-24-21(14-18)26-9-11-27-12-10-26;18-14-2-1-13-11-20-17(15(13)10-14)12-3-4-19-16(9-12)21-5-7-22-8-6-21;1-10(2)11(3,4)15-12(14-10)9-5-7-13-8-6-9/h1-8,13-14H,9-12,15H2;1-4,9-10H,5-8,11H2;5-8H,1-4H3. The van der Waals surface area contributed by atoms with Crippen molar-refractivity contribution in [2.24, 2.45) is 9.98 Å². The number of aromatic nitrogens is 4. The van der Waals surface area contributed by atoms with Gasteiger partial charge in [-0.3, -0.25) is 20.0 Å². The first-order chi connectivity index (χ1) is 31.1. The Bertz CT molecular complexity index is 2620. The fraction of sp³-hybridized carbons (Fsp3) is 0.320. The molecule has 9 heterocycles. The quantitative estimate of drug-likeness (QED) is 0.154. The number of ether oxygens (including phenoxy) is 2. The molecule has 0 unspecified atom stereocenters. The second kappa shape index (κ2) is 19.2. The van der Waals surface area contributed by atoms with E-state index in [1.807, 2.05) is 82.8 Å². The molecule has 3 fully saturated rings. The van der Waals surface area contributed by atoms with Gasteiger partial charge < -0.3 is 28.6 Å². The molecule has 0 spiro atoms. The van der Waals surface area contributed by atoms with Gasteiger partial charge in [-0.1, -0.05) is 34.1 Å². The molecule has 0 atom stereocenters. The Hall–Kier alpha value is -5.64. The maximum atomic E-state index is 5.90. The summed E-state index contributed by atoms with van der Waals surface area (Å²) in [6, 6.07) is 29.2. The number of rotatable bonds is 6. The van der Waals surface area contributed by atoms with Crippen LogP contribution >= 0.6 is 15.9 Å². The van der Waals surface area contributed by atoms with Crippen molar-refractivity contribution in [1.82, 2.24) is 19.9 Å². The van der Waals surface area contributed by atoms with E-state index in [4.69, 9.17) is 28.8 Å². The average molecular weight is 920 g/mol. The topological polar surface area (TPSA) is 120 Å². The third kappa shape index (κ3) is 9.71. The molecule has 0 N–H and O–H groups in total. The molecule has 0 bridgehead atoms. The minimum Gasteiger partial charge on any atom is -0.399 e. The minimum absolute atomic E-state index is 0.277. The molecule has 2 aromatic carbocycles. The molecular formula is C50H52BBrN8O4. The zero-order valence-corrected chi connectivity index (χ0v) is 38.4. The fourth-order valence-corrected chi connectivity index (χ4v) is 8.48. The van der Waals surface area contributed by atoms with Crippen molar-refractivity contribution < 1.29 is 18.8 Å². The summed E-state index contributed by atoms with van der Waals surface area (Å²) in [7, 11) is -0.280. The second-order valence-electron chi connectivity index (χ2n) is 17.1. The predicted octanol–water partition coefficient (Wildman–Crippen LogP) is 7.74. The number of halogens is 1. The maximum absolute atomic E-state index is 5.90. The Morgan fingerprint density at radius 3 is 1.52 bits per heavy atom. The maximum Gasteiger partial charge on any atom is 0.494 e. The summed E-state index contributed by atoms with van der Waals surface area (Å²) in [5.74, 6) is 2.00. The summed E-state index contributed by atoms with van der Waals surface area (Å²) < 4.78 is 23.8. The number of benzene rings is 2. The molecule has 4 aromatic heterocycles. The summed E-state index contributed by atoms with van der Waals surface area (Å²) in [6.45, 7) is 16.3. The van der Waals surface area contributed by atoms with Gasteiger partial charge >= 0.3 is 7.12 Å². The second-order valence-corrected chi connectivity index (χ2v) is 18.0. The number of hydrogen-bond donors (Lipinski definition) is 0. The zero-order valence-electron chi connectivity index (χ0n) is 36.8. The lowest BCUT2D eigenvalue weighted by Gasteiger charge is -2.32. The highest BCUT2D eigenvalue weighted by Gasteiger charge is 2.51. The van der Waals surface area contributed by atoms with Crippen LogP contribution in [0.2, 0.25) is 0 Å². The monoisotopic (exact) mass is 918 g/mol. The summed E-state index contributed by atoms with van der Waals surface area (Å²) in [5.41, 5.74) is 12.2. The largest absolute Gasteiger partial charge is 0.494 e. The van der Waals surface area contributed by atoms with Gasteiger partial charge in [-0.25, -0.2) is 9.97 Å². The molecule has 0 aliphatic carbocycles. The molecule has 326 valence electrons. The predicted molar refractivity (Wildman–Crippen MR) is 257 cm³/mol. The molecular weight excluding hydrogens is 867 g/mol. The first-order valence-corrected chi connectivity index (χ1v) is 22.7. The van der Waals surface area contributed by atoms with E-state index in [1.165, 1.54) is 33.4 Å². The van der Waals surface area contributed by atoms with Crippen molar-refractivity contribution >= 4 is 51.6 Å². The Kier molecular flexibility index (Phi) is 13.1. The molecule has 5 aliphatic heterocycles. The van der Waals surface area contributed by atoms with E-state index in [-0.39, 0.29) is 18.3 Å². The summed E-state index contributed by atoms with van der Waals surface area (Å²) in [4.78, 5) is 31.3. The van der Waals surface area contributed by atoms with Crippen LogP contribution < -0.4 is 15.3 Å². The van der Waals surface area contributed by atoms with Crippen LogP contribution in [-0.2, 0) is 31.9 Å². The van der Waals surface area contributed by atoms with Gasteiger partial charge in [-0.05, 0) is 122 Å². The number of morpholine rings is 2. The van der Waals surface area contributed by atoms with Crippen LogP contribution in [0.5, 0.6) is 0 Å². The molecule has 5 aliphatic rings. The van der Waals surface area contributed by atoms with E-state index in [9.17, 15) is 0 Å². The van der Waals surface area contributed by atoms with Gasteiger partial charge in [-0.15, -0.1) is 0 Å². The minimum atomic E-state index is -0.280. The van der Waals surface area contributed by atoms with Crippen molar-refractivity contribution in [2.45, 2.75) is 52.0 Å². The number of pyridine rings is 4. The molecule has 6 aromatic rings. The van der Waals surface area contributed by atoms with E-state index in [1.54, 1.807) is 12.4 Å². The number of aliphatic imine (C=N–C) groups is 2. The first kappa shape index (κ1) is 43.6. The summed E-state index contributed by atoms with van der Waals surface area (Å²) >= 11 is 3.55. The van der Waals surface area contributed by atoms with Gasteiger partial charge in [0.2, 0.25) is 0 Å². The van der Waals surface area contributed by atoms with Crippen LogP contribution in [0.25, 0.3) is 11.1 Å². The molecule has 3 saturated heterocycles. The molecule has 0 radical (unpaired) electrons. The van der Waals surface area contributed by atoms with Gasteiger partial charge in [0.25, 0.3) is 0 Å². The van der Waals surface area contributed by atoms with Crippen molar-refractivity contribution in [3.05, 3.63) is 160 Å². The lowest BCUT2D eigenvalue weighted by Crippen LogP contribution is -2.41. The van der Waals surface area contributed by atoms with E-state index in [0.717, 1.165) is 110 Å². The van der Waals surface area contributed by atoms with Crippen LogP contribution in [0.15, 0.2) is 137 Å². The Morgan fingerprint density at radius 1 is 0.516 bits per heavy atom. The molecule has 0 saturated carbocycles. The third-order valence-electron chi connectivity index (χ3n) is 12.5. The molecule has 12 nitrogen and oxygen atoms in total. The smallest absolute Gasteiger partial charge is 0.399 e. The van der Waals surface area contributed by atoms with E-state index >= 15 is 0 Å². The van der Waals surface area contributed by atoms with Crippen molar-refractivity contribution in [3.8, 4) is 11.1 Å². The molecule has 64 heavy (non-hydrogen) atoms. The van der Waals surface area contributed by atoms with Crippen molar-refractivity contribution in [1.29, 1.82) is 0 Å². The fourth-order valence-electron chi connectivity index (χ4n) is 8.12. The van der Waals surface area contributed by atoms with Gasteiger partial charge in [0.15, 0.2) is 0 Å². The van der Waals surface area contributed by atoms with Crippen LogP contribution in [0.4, 0.5) is 11.6 Å². The van der Waals surface area contributed by atoms with Gasteiger partial charge in [0.05, 0.1) is 62.1 Å². The van der Waals surface area contributed by atoms with Crippen molar-refractivity contribution in [3.63, 3.8) is 0 Å². The Labute approximate surface area is 384 Å². The highest BCUT2D eigenvalue weighted by atomic mass is 79.9. The Balaban J connectivity index is 0.000000127. The number of fused-ring (bicyclic) bond motifs is 2. The number of anilines is 2. The first-order valence-electron chi connectivity index (χ1n) is 21.9. The van der Waals surface area contributed by atoms with Crippen LogP contribution in [0, 0.1) is 0 Å². The van der Waals surface area contributed by atoms with E-state index in [0.29, 0.717) is 0 Å². The molecule has 14 heteroatoms. The average Bonchev–Trinajstić information content (AvgIpc) is 4.03. The highest BCUT2D eigenvalue weighted by Crippen LogP contribution is 2.36. The Morgan fingerprint density at radius 2 is 0.984 bits per heavy atom. The van der Waals surface area contributed by atoms with Crippen LogP contribution in [-0.4, -0.2) is 102 Å². The summed E-state index contributed by atoms with van der Waals surface area (Å²) in [6.07, 6.45) is 10.9. The van der Waals surface area contributed by atoms with Gasteiger partial charge in [0.1, 0.15) is 11.6 Å². The van der Waals surface area contributed by atoms with Crippen molar-refractivity contribution in [2.75, 3.05) is 62.4 Å². The lowest BCUT2D eigenvalue weighted by molar-refractivity contribution is 0.00578. The summed E-state index contributed by atoms with van der Waals surface area (Å²) in [5, 5.41) is 0. The van der Waals surface area contributed by atoms with E-state index in [2.05, 4.69) is 100 Å². The lowest BCUT2D eigenvalue weighted by atomic mass is 9.80. The molecule has 0 amide bonds. The number of nitrogens with zero attached hydrogens (tertiary/aromatic N) is 8. The molecule has 11 rings (SSSR count). The van der Waals surface area contributed by atoms with Crippen LogP contribution in [0.1, 0.15) is 61.1 Å². The SMILES string of the molecule is Brc1ccc2c(c1)C(c1ccnc(N3CCOCC3)c1)=NC2.CC1(C)OB(c2ccncc2)OC1(C)C.c1cc(-c2ccc3c(c2)C(c2ccnc(N4CCOCC4)c2)=NC3)ccn1. The third-order valence-corrected chi connectivity index (χ3v) is 13.0. The normalized spacial score (nSPS) is 18.2. The highest BCUT2D eigenvalue weighted by molar-refractivity contribution is 9.10. The van der Waals surface area contributed by atoms with Gasteiger partial charge in [-0.2, -0.15) is 0 Å². The van der Waals surface area contributed by atoms with Crippen LogP contribution in [0.3, 0.4) is 0 Å². The van der Waals surface area contributed by atoms with Gasteiger partial charge in [0, 0.05) is 90.1 Å². The zero-order chi connectivity index (χ0) is 44.1. The number of hydrogen-bond acceptors (Lipinski definition) is 12. The van der Waals surface area contributed by atoms with E-state index < -0.39 is 0 Å².